The maximum Gasteiger partial charge on any atom is 0.303 e. The van der Waals surface area contributed by atoms with Gasteiger partial charge >= 0.3 is 5.97 Å². The summed E-state index contributed by atoms with van der Waals surface area (Å²) in [5.41, 5.74) is 0.812. The summed E-state index contributed by atoms with van der Waals surface area (Å²) in [6, 6.07) is 0.334. The van der Waals surface area contributed by atoms with Crippen LogP contribution in [-0.2, 0) is 9.53 Å². The zero-order valence-corrected chi connectivity index (χ0v) is 17.9. The fourth-order valence-corrected chi connectivity index (χ4v) is 10.3. The molecule has 0 amide bonds. The van der Waals surface area contributed by atoms with Crippen molar-refractivity contribution in [1.82, 2.24) is 4.90 Å². The minimum absolute atomic E-state index is 0.0217. The minimum Gasteiger partial charge on any atom is -0.457 e. The van der Waals surface area contributed by atoms with E-state index in [4.69, 9.17) is 4.74 Å². The maximum atomic E-state index is 12.1. The summed E-state index contributed by atoms with van der Waals surface area (Å²) in [4.78, 5) is 14.7. The summed E-state index contributed by atoms with van der Waals surface area (Å²) in [7, 11) is 0. The molecule has 7 bridgehead atoms. The van der Waals surface area contributed by atoms with Gasteiger partial charge in [0.2, 0.25) is 0 Å². The smallest absolute Gasteiger partial charge is 0.303 e. The fraction of sp³-hybridized carbons (Fsp3) is 0.875. The van der Waals surface area contributed by atoms with Crippen molar-refractivity contribution in [3.63, 3.8) is 0 Å². The molecule has 29 heavy (non-hydrogen) atoms. The first-order valence-corrected chi connectivity index (χ1v) is 11.7. The van der Waals surface area contributed by atoms with Gasteiger partial charge in [0, 0.05) is 36.3 Å². The summed E-state index contributed by atoms with van der Waals surface area (Å²) in [5.74, 6) is 0.875. The molecule has 6 fully saturated rings. The monoisotopic (exact) mass is 401 g/mol. The molecule has 11 atom stereocenters. The third kappa shape index (κ3) is 1.81. The number of nitrogens with zero attached hydrogens (tertiary/aromatic N) is 1. The van der Waals surface area contributed by atoms with Crippen LogP contribution >= 0.6 is 0 Å². The van der Waals surface area contributed by atoms with Gasteiger partial charge < -0.3 is 14.9 Å². The Morgan fingerprint density at radius 3 is 2.76 bits per heavy atom. The highest BCUT2D eigenvalue weighted by molar-refractivity contribution is 5.67. The SMILES string of the molecule is C=C1[C@H]2C[C@@]3(C4C[C@@H]5[C@@]6(C)CC[C@H](O)[C@@]5(C4N(CC)C6)[C@@H]3C[C@H]2O)[C@@H]1OC(C)=O. The average Bonchev–Trinajstić information content (AvgIpc) is 3.19. The summed E-state index contributed by atoms with van der Waals surface area (Å²) in [6.07, 6.45) is 3.58. The van der Waals surface area contributed by atoms with Gasteiger partial charge in [-0.25, -0.2) is 0 Å². The second-order valence-electron chi connectivity index (χ2n) is 11.5. The second kappa shape index (κ2) is 5.46. The summed E-state index contributed by atoms with van der Waals surface area (Å²) >= 11 is 0. The van der Waals surface area contributed by atoms with Crippen LogP contribution in [0, 0.1) is 39.9 Å². The van der Waals surface area contributed by atoms with Crippen molar-refractivity contribution in [3.05, 3.63) is 12.2 Å². The molecule has 2 unspecified atom stereocenters. The van der Waals surface area contributed by atoms with Gasteiger partial charge in [-0.15, -0.1) is 0 Å². The van der Waals surface area contributed by atoms with E-state index >= 15 is 0 Å². The van der Waals surface area contributed by atoms with E-state index in [1.165, 1.54) is 6.92 Å². The number of hydrogen-bond donors (Lipinski definition) is 2. The molecule has 6 rings (SSSR count). The first-order valence-electron chi connectivity index (χ1n) is 11.7. The number of carbonyl (C=O) groups excluding carboxylic acids is 1. The van der Waals surface area contributed by atoms with E-state index in [2.05, 4.69) is 25.3 Å². The van der Waals surface area contributed by atoms with E-state index in [-0.39, 0.29) is 46.3 Å². The first kappa shape index (κ1) is 18.8. The Bertz CT molecular complexity index is 798. The molecular weight excluding hydrogens is 366 g/mol. The van der Waals surface area contributed by atoms with Crippen LogP contribution in [0.1, 0.15) is 52.9 Å². The van der Waals surface area contributed by atoms with E-state index < -0.39 is 6.10 Å². The van der Waals surface area contributed by atoms with Gasteiger partial charge in [-0.1, -0.05) is 20.4 Å². The van der Waals surface area contributed by atoms with Crippen molar-refractivity contribution >= 4 is 5.97 Å². The Morgan fingerprint density at radius 2 is 2.07 bits per heavy atom. The van der Waals surface area contributed by atoms with Crippen molar-refractivity contribution in [1.29, 1.82) is 0 Å². The van der Waals surface area contributed by atoms with E-state index in [9.17, 15) is 15.0 Å². The summed E-state index contributed by atoms with van der Waals surface area (Å²) in [6.45, 7) is 12.6. The lowest BCUT2D eigenvalue weighted by Crippen LogP contribution is -2.68. The molecule has 2 spiro atoms. The Hall–Kier alpha value is -0.910. The van der Waals surface area contributed by atoms with Crippen molar-refractivity contribution in [3.8, 4) is 0 Å². The quantitative estimate of drug-likeness (QED) is 0.549. The Morgan fingerprint density at radius 1 is 1.31 bits per heavy atom. The van der Waals surface area contributed by atoms with Gasteiger partial charge in [0.1, 0.15) is 6.10 Å². The number of piperidine rings is 1. The molecule has 0 radical (unpaired) electrons. The Labute approximate surface area is 173 Å². The van der Waals surface area contributed by atoms with Crippen LogP contribution in [0.15, 0.2) is 12.2 Å². The minimum atomic E-state index is -0.439. The van der Waals surface area contributed by atoms with E-state index in [0.717, 1.165) is 50.8 Å². The third-order valence-electron chi connectivity index (χ3n) is 10.8. The van der Waals surface area contributed by atoms with Crippen LogP contribution < -0.4 is 0 Å². The molecular formula is C24H35NO4. The maximum absolute atomic E-state index is 12.1. The van der Waals surface area contributed by atoms with Crippen LogP contribution in [0.4, 0.5) is 0 Å². The molecule has 5 saturated carbocycles. The van der Waals surface area contributed by atoms with Crippen LogP contribution in [-0.4, -0.2) is 58.5 Å². The molecule has 1 aliphatic heterocycles. The van der Waals surface area contributed by atoms with Crippen LogP contribution in [0.25, 0.3) is 0 Å². The van der Waals surface area contributed by atoms with Gasteiger partial charge in [0.25, 0.3) is 0 Å². The highest BCUT2D eigenvalue weighted by atomic mass is 16.5. The number of aliphatic hydroxyl groups excluding tert-OH is 2. The molecule has 1 heterocycles. The molecule has 6 aliphatic rings. The molecule has 0 aromatic heterocycles. The number of esters is 1. The summed E-state index contributed by atoms with van der Waals surface area (Å²) in [5, 5.41) is 22.8. The lowest BCUT2D eigenvalue weighted by molar-refractivity contribution is -0.220. The van der Waals surface area contributed by atoms with E-state index in [1.54, 1.807) is 0 Å². The van der Waals surface area contributed by atoms with Crippen molar-refractivity contribution in [2.24, 2.45) is 39.9 Å². The van der Waals surface area contributed by atoms with Crippen LogP contribution in [0.2, 0.25) is 0 Å². The first-order chi connectivity index (χ1) is 13.7. The van der Waals surface area contributed by atoms with Crippen LogP contribution in [0.5, 0.6) is 0 Å². The van der Waals surface area contributed by atoms with Gasteiger partial charge in [-0.05, 0) is 67.4 Å². The standard InChI is InChI=1S/C24H35NO4/c1-5-25-11-22(4)7-6-19(28)24-17(22)8-15(20(24)25)23-10-14(16(27)9-18(23)24)12(2)21(23)29-13(3)26/h14-21,27-28H,2,5-11H2,1,3-4H3/t14-,15?,16-,17-,18-,19+,20?,21-,22+,23+,24+/m1/s1. The zero-order valence-electron chi connectivity index (χ0n) is 17.9. The normalized spacial score (nSPS) is 59.7. The van der Waals surface area contributed by atoms with E-state index in [0.29, 0.717) is 17.9 Å². The predicted octanol–water partition coefficient (Wildman–Crippen LogP) is 2.36. The molecule has 2 N–H and O–H groups in total. The van der Waals surface area contributed by atoms with Gasteiger partial charge in [0.05, 0.1) is 12.2 Å². The molecule has 0 aromatic carbocycles. The Balaban J connectivity index is 1.58. The highest BCUT2D eigenvalue weighted by Gasteiger charge is 2.85. The molecule has 5 heteroatoms. The lowest BCUT2D eigenvalue weighted by Gasteiger charge is -2.65. The molecule has 160 valence electrons. The number of carbonyl (C=O) groups is 1. The van der Waals surface area contributed by atoms with Crippen molar-refractivity contribution in [2.75, 3.05) is 13.1 Å². The lowest BCUT2D eigenvalue weighted by atomic mass is 9.43. The van der Waals surface area contributed by atoms with Gasteiger partial charge in [0.15, 0.2) is 0 Å². The molecule has 5 aliphatic carbocycles. The Kier molecular flexibility index (Phi) is 3.55. The van der Waals surface area contributed by atoms with Gasteiger partial charge in [-0.3, -0.25) is 9.69 Å². The van der Waals surface area contributed by atoms with E-state index in [1.807, 2.05) is 0 Å². The number of aliphatic hydroxyl groups is 2. The summed E-state index contributed by atoms with van der Waals surface area (Å²) < 4.78 is 6.01. The molecule has 0 aromatic rings. The highest BCUT2D eigenvalue weighted by Crippen LogP contribution is 2.83. The van der Waals surface area contributed by atoms with Gasteiger partial charge in [-0.2, -0.15) is 0 Å². The number of hydrogen-bond acceptors (Lipinski definition) is 5. The fourth-order valence-electron chi connectivity index (χ4n) is 10.3. The number of likely N-dealkylation sites (tertiary alicyclic amines) is 1. The largest absolute Gasteiger partial charge is 0.457 e. The van der Waals surface area contributed by atoms with Crippen molar-refractivity contribution < 1.29 is 19.7 Å². The number of ether oxygens (including phenoxy) is 1. The topological polar surface area (TPSA) is 70.0 Å². The number of fused-ring (bicyclic) bond motifs is 1. The molecule has 1 saturated heterocycles. The molecule has 5 nitrogen and oxygen atoms in total. The zero-order chi connectivity index (χ0) is 20.5. The van der Waals surface area contributed by atoms with Crippen LogP contribution in [0.3, 0.4) is 0 Å². The second-order valence-corrected chi connectivity index (χ2v) is 11.5. The number of rotatable bonds is 2. The predicted molar refractivity (Wildman–Crippen MR) is 108 cm³/mol. The average molecular weight is 402 g/mol. The third-order valence-corrected chi connectivity index (χ3v) is 10.8. The van der Waals surface area contributed by atoms with Crippen molar-refractivity contribution in [2.45, 2.75) is 77.2 Å².